The monoisotopic (exact) mass is 324 g/mol. The van der Waals surface area contributed by atoms with Crippen LogP contribution in [0, 0.1) is 16.7 Å². The van der Waals surface area contributed by atoms with Crippen LogP contribution in [0.15, 0.2) is 24.5 Å². The van der Waals surface area contributed by atoms with Crippen molar-refractivity contribution in [2.24, 2.45) is 16.7 Å². The first-order valence-electron chi connectivity index (χ1n) is 7.88. The lowest BCUT2D eigenvalue weighted by atomic mass is 9.70. The van der Waals surface area contributed by atoms with E-state index in [-0.39, 0.29) is 17.0 Å². The number of rotatable bonds is 6. The Morgan fingerprint density at radius 1 is 1.32 bits per heavy atom. The Labute approximate surface area is 132 Å². The Balaban J connectivity index is 1.67. The van der Waals surface area contributed by atoms with Gasteiger partial charge in [-0.05, 0) is 36.3 Å². The van der Waals surface area contributed by atoms with Gasteiger partial charge in [0.05, 0.1) is 5.75 Å². The van der Waals surface area contributed by atoms with Crippen molar-refractivity contribution >= 4 is 15.8 Å². The summed E-state index contributed by atoms with van der Waals surface area (Å²) in [4.78, 5) is 12.4. The molecule has 1 aromatic heterocycles. The standard InChI is InChI=1S/C16H24N2O3S/c1-15(2)13-5-6-16(15,14(19)11-13)12-22(20,21)17-7-10-18-8-3-4-9-18/h3-4,8-9,13,17H,5-7,10-12H2,1-2H3. The third-order valence-electron chi connectivity index (χ3n) is 5.93. The van der Waals surface area contributed by atoms with Crippen molar-refractivity contribution in [2.45, 2.75) is 39.7 Å². The lowest BCUT2D eigenvalue weighted by Crippen LogP contribution is -2.45. The number of carbonyl (C=O) groups is 1. The molecule has 1 heterocycles. The number of hydrogen-bond acceptors (Lipinski definition) is 3. The maximum atomic E-state index is 12.5. The van der Waals surface area contributed by atoms with Gasteiger partial charge >= 0.3 is 0 Å². The zero-order chi connectivity index (χ0) is 16.0. The van der Waals surface area contributed by atoms with Crippen molar-refractivity contribution in [3.63, 3.8) is 0 Å². The minimum Gasteiger partial charge on any atom is -0.353 e. The minimum atomic E-state index is -3.45. The van der Waals surface area contributed by atoms with E-state index in [4.69, 9.17) is 0 Å². The molecule has 1 N–H and O–H groups in total. The summed E-state index contributed by atoms with van der Waals surface area (Å²) in [5.74, 6) is 0.424. The van der Waals surface area contributed by atoms with Crippen molar-refractivity contribution in [1.29, 1.82) is 0 Å². The Bertz CT molecular complexity index is 664. The van der Waals surface area contributed by atoms with E-state index < -0.39 is 15.4 Å². The van der Waals surface area contributed by atoms with E-state index in [0.29, 0.717) is 31.8 Å². The third kappa shape index (κ3) is 2.42. The number of nitrogens with zero attached hydrogens (tertiary/aromatic N) is 1. The first kappa shape index (κ1) is 15.7. The van der Waals surface area contributed by atoms with E-state index in [1.807, 2.05) is 29.1 Å². The number of sulfonamides is 1. The molecule has 2 aliphatic carbocycles. The minimum absolute atomic E-state index is 0.0615. The van der Waals surface area contributed by atoms with Gasteiger partial charge in [0.25, 0.3) is 0 Å². The highest BCUT2D eigenvalue weighted by Gasteiger charge is 2.65. The van der Waals surface area contributed by atoms with Gasteiger partial charge in [-0.3, -0.25) is 4.79 Å². The number of carbonyl (C=O) groups excluding carboxylic acids is 1. The number of aromatic nitrogens is 1. The number of fused-ring (bicyclic) bond motifs is 2. The molecule has 2 unspecified atom stereocenters. The van der Waals surface area contributed by atoms with Crippen molar-refractivity contribution in [3.8, 4) is 0 Å². The van der Waals surface area contributed by atoms with Crippen LogP contribution >= 0.6 is 0 Å². The molecular weight excluding hydrogens is 300 g/mol. The Hall–Kier alpha value is -1.14. The van der Waals surface area contributed by atoms with Gasteiger partial charge < -0.3 is 4.57 Å². The summed E-state index contributed by atoms with van der Waals surface area (Å²) in [6.07, 6.45) is 6.03. The molecular formula is C16H24N2O3S. The zero-order valence-electron chi connectivity index (χ0n) is 13.2. The number of nitrogens with one attached hydrogen (secondary N) is 1. The highest BCUT2D eigenvalue weighted by molar-refractivity contribution is 7.89. The first-order valence-corrected chi connectivity index (χ1v) is 9.53. The van der Waals surface area contributed by atoms with E-state index in [0.717, 1.165) is 6.42 Å². The summed E-state index contributed by atoms with van der Waals surface area (Å²) in [5.41, 5.74) is -0.893. The maximum absolute atomic E-state index is 12.5. The molecule has 22 heavy (non-hydrogen) atoms. The summed E-state index contributed by atoms with van der Waals surface area (Å²) in [6.45, 7) is 5.07. The van der Waals surface area contributed by atoms with Crippen LogP contribution in [-0.2, 0) is 21.4 Å². The second kappa shape index (κ2) is 5.20. The molecule has 6 heteroatoms. The van der Waals surface area contributed by atoms with Crippen LogP contribution in [0.5, 0.6) is 0 Å². The normalized spacial score (nSPS) is 30.1. The fraction of sp³-hybridized carbons (Fsp3) is 0.688. The van der Waals surface area contributed by atoms with E-state index in [1.54, 1.807) is 0 Å². The van der Waals surface area contributed by atoms with Crippen LogP contribution in [-0.4, -0.2) is 31.1 Å². The Morgan fingerprint density at radius 2 is 2.00 bits per heavy atom. The second-order valence-corrected chi connectivity index (χ2v) is 9.05. The predicted molar refractivity (Wildman–Crippen MR) is 84.8 cm³/mol. The zero-order valence-corrected chi connectivity index (χ0v) is 14.0. The highest BCUT2D eigenvalue weighted by atomic mass is 32.2. The topological polar surface area (TPSA) is 68.2 Å². The SMILES string of the molecule is CC1(C)C2CCC1(CS(=O)(=O)NCCn1cccc1)C(=O)C2. The van der Waals surface area contributed by atoms with Crippen LogP contribution < -0.4 is 4.72 Å². The van der Waals surface area contributed by atoms with Gasteiger partial charge in [-0.25, -0.2) is 13.1 Å². The van der Waals surface area contributed by atoms with Gasteiger partial charge in [0.1, 0.15) is 5.78 Å². The fourth-order valence-corrected chi connectivity index (χ4v) is 6.16. The second-order valence-electron chi connectivity index (χ2n) is 7.24. The Kier molecular flexibility index (Phi) is 3.72. The van der Waals surface area contributed by atoms with Crippen molar-refractivity contribution < 1.29 is 13.2 Å². The maximum Gasteiger partial charge on any atom is 0.212 e. The summed E-state index contributed by atoms with van der Waals surface area (Å²) < 4.78 is 29.5. The highest BCUT2D eigenvalue weighted by Crippen LogP contribution is 2.64. The van der Waals surface area contributed by atoms with Crippen molar-refractivity contribution in [3.05, 3.63) is 24.5 Å². The number of ketones is 1. The van der Waals surface area contributed by atoms with Gasteiger partial charge in [-0.1, -0.05) is 13.8 Å². The largest absolute Gasteiger partial charge is 0.353 e. The lowest BCUT2D eigenvalue weighted by molar-refractivity contribution is -0.128. The molecule has 2 saturated carbocycles. The molecule has 0 spiro atoms. The molecule has 3 rings (SSSR count). The smallest absolute Gasteiger partial charge is 0.212 e. The van der Waals surface area contributed by atoms with E-state index in [1.165, 1.54) is 0 Å². The van der Waals surface area contributed by atoms with Gasteiger partial charge in [-0.2, -0.15) is 0 Å². The van der Waals surface area contributed by atoms with Crippen LogP contribution in [0.2, 0.25) is 0 Å². The van der Waals surface area contributed by atoms with Crippen LogP contribution in [0.3, 0.4) is 0 Å². The number of hydrogen-bond donors (Lipinski definition) is 1. The van der Waals surface area contributed by atoms with Crippen LogP contribution in [0.1, 0.15) is 33.1 Å². The molecule has 122 valence electrons. The molecule has 2 atom stereocenters. The molecule has 1 aromatic rings. The van der Waals surface area contributed by atoms with E-state index >= 15 is 0 Å². The van der Waals surface area contributed by atoms with Gasteiger partial charge in [0, 0.05) is 37.3 Å². The third-order valence-corrected chi connectivity index (χ3v) is 7.45. The quantitative estimate of drug-likeness (QED) is 0.867. The lowest BCUT2D eigenvalue weighted by Gasteiger charge is -2.36. The molecule has 0 amide bonds. The molecule has 0 saturated heterocycles. The summed E-state index contributed by atoms with van der Waals surface area (Å²) >= 11 is 0. The van der Waals surface area contributed by atoms with Crippen LogP contribution in [0.4, 0.5) is 0 Å². The fourth-order valence-electron chi connectivity index (χ4n) is 4.33. The summed E-state index contributed by atoms with van der Waals surface area (Å²) in [7, 11) is -3.45. The van der Waals surface area contributed by atoms with Crippen molar-refractivity contribution in [1.82, 2.24) is 9.29 Å². The van der Waals surface area contributed by atoms with Gasteiger partial charge in [-0.15, -0.1) is 0 Å². The van der Waals surface area contributed by atoms with Gasteiger partial charge in [0.2, 0.25) is 10.0 Å². The molecule has 5 nitrogen and oxygen atoms in total. The molecule has 2 bridgehead atoms. The van der Waals surface area contributed by atoms with Gasteiger partial charge in [0.15, 0.2) is 0 Å². The predicted octanol–water partition coefficient (Wildman–Crippen LogP) is 1.80. The molecule has 2 aliphatic rings. The van der Waals surface area contributed by atoms with Crippen molar-refractivity contribution in [2.75, 3.05) is 12.3 Å². The summed E-state index contributed by atoms with van der Waals surface area (Å²) in [5, 5.41) is 0. The number of Topliss-reactive ketones (excluding diaryl/α,β-unsaturated/α-hetero) is 1. The van der Waals surface area contributed by atoms with Crippen LogP contribution in [0.25, 0.3) is 0 Å². The summed E-state index contributed by atoms with van der Waals surface area (Å²) in [6, 6.07) is 3.82. The molecule has 2 fully saturated rings. The molecule has 0 aromatic carbocycles. The Morgan fingerprint density at radius 3 is 2.55 bits per heavy atom. The molecule has 0 radical (unpaired) electrons. The first-order chi connectivity index (χ1) is 10.3. The average Bonchev–Trinajstić information content (AvgIpc) is 3.04. The van der Waals surface area contributed by atoms with E-state index in [9.17, 15) is 13.2 Å². The van der Waals surface area contributed by atoms with E-state index in [2.05, 4.69) is 18.6 Å². The average molecular weight is 324 g/mol. The molecule has 0 aliphatic heterocycles.